The van der Waals surface area contributed by atoms with Gasteiger partial charge in [0, 0.05) is 31.1 Å². The maximum atomic E-state index is 13.7. The minimum atomic E-state index is -0.232. The van der Waals surface area contributed by atoms with Crippen molar-refractivity contribution in [3.63, 3.8) is 0 Å². The highest BCUT2D eigenvalue weighted by atomic mass is 16.5. The molecule has 0 bridgehead atoms. The highest BCUT2D eigenvalue weighted by molar-refractivity contribution is 5.87. The first-order valence-corrected chi connectivity index (χ1v) is 11.8. The van der Waals surface area contributed by atoms with Crippen LogP contribution in [0.5, 0.6) is 0 Å². The van der Waals surface area contributed by atoms with Gasteiger partial charge in [0.05, 0.1) is 7.11 Å². The first kappa shape index (κ1) is 21.1. The van der Waals surface area contributed by atoms with Crippen LogP contribution in [-0.2, 0) is 19.1 Å². The number of ketones is 2. The minimum absolute atomic E-state index is 0.148. The van der Waals surface area contributed by atoms with Crippen molar-refractivity contribution in [1.82, 2.24) is 0 Å². The molecule has 0 amide bonds. The van der Waals surface area contributed by atoms with E-state index in [2.05, 4.69) is 20.8 Å². The molecule has 4 saturated carbocycles. The maximum absolute atomic E-state index is 13.7. The zero-order chi connectivity index (χ0) is 21.0. The van der Waals surface area contributed by atoms with E-state index in [4.69, 9.17) is 4.74 Å². The van der Waals surface area contributed by atoms with E-state index in [-0.39, 0.29) is 16.8 Å². The normalized spacial score (nSPS) is 45.2. The summed E-state index contributed by atoms with van der Waals surface area (Å²) in [5.74, 6) is 3.55. The molecule has 4 fully saturated rings. The van der Waals surface area contributed by atoms with Crippen molar-refractivity contribution in [3.05, 3.63) is 0 Å². The van der Waals surface area contributed by atoms with Gasteiger partial charge in [-0.05, 0) is 79.4 Å². The molecule has 4 aliphatic rings. The second-order valence-electron chi connectivity index (χ2n) is 11.1. The van der Waals surface area contributed by atoms with Gasteiger partial charge in [-0.2, -0.15) is 0 Å². The standard InChI is InChI=1S/C25H38O4/c1-15(5-10-23(28)29-4)19-8-9-20-18-7-6-16-13-17(26)11-12-24(16,2)21(18)14-22(27)25(19,20)3/h15-16,18-21H,5-14H2,1-4H3/t15-,16+,18+,19+,20-,21+,24-,25+/m0/s1. The minimum Gasteiger partial charge on any atom is -0.469 e. The maximum Gasteiger partial charge on any atom is 0.305 e. The molecule has 4 rings (SSSR count). The molecule has 4 nitrogen and oxygen atoms in total. The van der Waals surface area contributed by atoms with Crippen LogP contribution in [0.1, 0.15) is 85.0 Å². The number of esters is 1. The Morgan fingerprint density at radius 3 is 2.59 bits per heavy atom. The third-order valence-corrected chi connectivity index (χ3v) is 10.1. The molecule has 0 heterocycles. The molecule has 4 aliphatic carbocycles. The summed E-state index contributed by atoms with van der Waals surface area (Å²) in [6, 6.07) is 0. The predicted octanol–water partition coefficient (Wildman–Crippen LogP) is 4.98. The summed E-state index contributed by atoms with van der Waals surface area (Å²) in [6.07, 6.45) is 9.00. The van der Waals surface area contributed by atoms with Gasteiger partial charge >= 0.3 is 5.97 Å². The van der Waals surface area contributed by atoms with E-state index < -0.39 is 0 Å². The molecule has 0 N–H and O–H groups in total. The fourth-order valence-corrected chi connectivity index (χ4v) is 8.34. The molecule has 0 radical (unpaired) electrons. The van der Waals surface area contributed by atoms with Gasteiger partial charge in [-0.3, -0.25) is 14.4 Å². The lowest BCUT2D eigenvalue weighted by Crippen LogP contribution is -2.57. The number of rotatable bonds is 4. The fraction of sp³-hybridized carbons (Fsp3) is 0.880. The summed E-state index contributed by atoms with van der Waals surface area (Å²) >= 11 is 0. The van der Waals surface area contributed by atoms with Gasteiger partial charge in [-0.15, -0.1) is 0 Å². The number of hydrogen-bond donors (Lipinski definition) is 0. The van der Waals surface area contributed by atoms with Crippen LogP contribution in [0.4, 0.5) is 0 Å². The second kappa shape index (κ2) is 7.50. The molecule has 0 spiro atoms. The number of ether oxygens (including phenoxy) is 1. The molecule has 0 saturated heterocycles. The van der Waals surface area contributed by atoms with Crippen molar-refractivity contribution in [2.75, 3.05) is 7.11 Å². The predicted molar refractivity (Wildman–Crippen MR) is 111 cm³/mol. The summed E-state index contributed by atoms with van der Waals surface area (Å²) in [6.45, 7) is 6.87. The molecule has 0 aliphatic heterocycles. The Kier molecular flexibility index (Phi) is 5.44. The smallest absolute Gasteiger partial charge is 0.305 e. The fourth-order valence-electron chi connectivity index (χ4n) is 8.34. The Hall–Kier alpha value is -1.19. The van der Waals surface area contributed by atoms with Crippen LogP contribution in [-0.4, -0.2) is 24.6 Å². The van der Waals surface area contributed by atoms with Crippen LogP contribution in [0.15, 0.2) is 0 Å². The van der Waals surface area contributed by atoms with E-state index in [1.165, 1.54) is 13.5 Å². The molecule has 0 aromatic rings. The van der Waals surface area contributed by atoms with Gasteiger partial charge < -0.3 is 4.74 Å². The van der Waals surface area contributed by atoms with E-state index in [0.717, 1.165) is 38.5 Å². The Balaban J connectivity index is 1.55. The highest BCUT2D eigenvalue weighted by Crippen LogP contribution is 2.67. The summed E-state index contributed by atoms with van der Waals surface area (Å²) in [7, 11) is 1.44. The van der Waals surface area contributed by atoms with Crippen LogP contribution >= 0.6 is 0 Å². The lowest BCUT2D eigenvalue weighted by molar-refractivity contribution is -0.159. The average Bonchev–Trinajstić information content (AvgIpc) is 3.06. The van der Waals surface area contributed by atoms with Crippen LogP contribution < -0.4 is 0 Å². The molecule has 0 aromatic carbocycles. The van der Waals surface area contributed by atoms with Crippen molar-refractivity contribution in [1.29, 1.82) is 0 Å². The SMILES string of the molecule is COC(=O)CC[C@H](C)[C@H]1CC[C@H]2[C@H]3CC[C@@H]4CC(=O)CC[C@]4(C)[C@@H]3CC(=O)[C@]12C. The number of Topliss-reactive ketones (excluding diaryl/α,β-unsaturated/α-hetero) is 2. The lowest BCUT2D eigenvalue weighted by Gasteiger charge is -2.59. The Morgan fingerprint density at radius 2 is 1.86 bits per heavy atom. The molecule has 4 heteroatoms. The molecule has 0 aromatic heterocycles. The monoisotopic (exact) mass is 402 g/mol. The number of methoxy groups -OCH3 is 1. The topological polar surface area (TPSA) is 60.4 Å². The number of carbonyl (C=O) groups is 3. The largest absolute Gasteiger partial charge is 0.469 e. The van der Waals surface area contributed by atoms with Crippen LogP contribution in [0.3, 0.4) is 0 Å². The highest BCUT2D eigenvalue weighted by Gasteiger charge is 2.63. The van der Waals surface area contributed by atoms with Crippen molar-refractivity contribution in [2.45, 2.75) is 85.0 Å². The summed E-state index contributed by atoms with van der Waals surface area (Å²) in [5.41, 5.74) is -0.0627. The molecule has 8 atom stereocenters. The third-order valence-electron chi connectivity index (χ3n) is 10.1. The van der Waals surface area contributed by atoms with Crippen molar-refractivity contribution >= 4 is 17.5 Å². The van der Waals surface area contributed by atoms with Gasteiger partial charge in [-0.1, -0.05) is 20.8 Å². The van der Waals surface area contributed by atoms with Crippen molar-refractivity contribution in [2.24, 2.45) is 46.3 Å². The van der Waals surface area contributed by atoms with Gasteiger partial charge in [0.1, 0.15) is 11.6 Å². The summed E-state index contributed by atoms with van der Waals surface area (Å²) in [4.78, 5) is 37.4. The van der Waals surface area contributed by atoms with Gasteiger partial charge in [-0.25, -0.2) is 0 Å². The van der Waals surface area contributed by atoms with E-state index in [1.807, 2.05) is 0 Å². The molecule has 162 valence electrons. The third kappa shape index (κ3) is 3.20. The van der Waals surface area contributed by atoms with Crippen LogP contribution in [0, 0.1) is 46.3 Å². The van der Waals surface area contributed by atoms with Crippen LogP contribution in [0.2, 0.25) is 0 Å². The number of fused-ring (bicyclic) bond motifs is 5. The Morgan fingerprint density at radius 1 is 1.10 bits per heavy atom. The summed E-state index contributed by atoms with van der Waals surface area (Å²) in [5, 5.41) is 0. The lowest BCUT2D eigenvalue weighted by atomic mass is 9.44. The van der Waals surface area contributed by atoms with Crippen molar-refractivity contribution in [3.8, 4) is 0 Å². The first-order chi connectivity index (χ1) is 13.7. The van der Waals surface area contributed by atoms with Crippen molar-refractivity contribution < 1.29 is 19.1 Å². The molecular formula is C25H38O4. The quantitative estimate of drug-likeness (QED) is 0.622. The zero-order valence-corrected chi connectivity index (χ0v) is 18.7. The Labute approximate surface area is 175 Å². The van der Waals surface area contributed by atoms with Crippen LogP contribution in [0.25, 0.3) is 0 Å². The Bertz CT molecular complexity index is 699. The van der Waals surface area contributed by atoms with Gasteiger partial charge in [0.2, 0.25) is 0 Å². The molecular weight excluding hydrogens is 364 g/mol. The zero-order valence-electron chi connectivity index (χ0n) is 18.7. The van der Waals surface area contributed by atoms with E-state index >= 15 is 0 Å². The number of hydrogen-bond acceptors (Lipinski definition) is 4. The van der Waals surface area contributed by atoms with E-state index in [1.54, 1.807) is 0 Å². The van der Waals surface area contributed by atoms with E-state index in [9.17, 15) is 14.4 Å². The second-order valence-corrected chi connectivity index (χ2v) is 11.1. The first-order valence-electron chi connectivity index (χ1n) is 11.8. The summed E-state index contributed by atoms with van der Waals surface area (Å²) < 4.78 is 4.83. The average molecular weight is 403 g/mol. The van der Waals surface area contributed by atoms with Gasteiger partial charge in [0.25, 0.3) is 0 Å². The van der Waals surface area contributed by atoms with E-state index in [0.29, 0.717) is 66.3 Å². The molecule has 0 unspecified atom stereocenters. The molecule has 29 heavy (non-hydrogen) atoms. The van der Waals surface area contributed by atoms with Gasteiger partial charge in [0.15, 0.2) is 0 Å². The number of carbonyl (C=O) groups excluding carboxylic acids is 3.